The molecule has 2 aliphatic carbocycles. The highest BCUT2D eigenvalue weighted by molar-refractivity contribution is 5.96. The van der Waals surface area contributed by atoms with Crippen molar-refractivity contribution in [3.8, 4) is 5.75 Å². The number of hydrogen-bond donors (Lipinski definition) is 1. The first kappa shape index (κ1) is 18.2. The fraction of sp³-hybridized carbons (Fsp3) is 0.435. The zero-order valence-corrected chi connectivity index (χ0v) is 16.3. The minimum atomic E-state index is -0.484. The van der Waals surface area contributed by atoms with Crippen LogP contribution in [0.2, 0.25) is 0 Å². The van der Waals surface area contributed by atoms with E-state index in [4.69, 9.17) is 4.74 Å². The molecule has 2 heterocycles. The van der Waals surface area contributed by atoms with Crippen molar-refractivity contribution in [1.29, 1.82) is 0 Å². The highest BCUT2D eigenvalue weighted by atomic mass is 16.5. The van der Waals surface area contributed by atoms with Crippen LogP contribution < -0.4 is 10.1 Å². The van der Waals surface area contributed by atoms with Crippen molar-refractivity contribution in [2.75, 3.05) is 6.54 Å². The Labute approximate surface area is 170 Å². The van der Waals surface area contributed by atoms with Crippen LogP contribution in [-0.2, 0) is 15.0 Å². The van der Waals surface area contributed by atoms with E-state index in [2.05, 4.69) is 10.3 Å². The molecule has 3 fully saturated rings. The number of amides is 2. The number of nitrogens with zero attached hydrogens (tertiary/aromatic N) is 2. The molecule has 0 bridgehead atoms. The first-order valence-corrected chi connectivity index (χ1v) is 10.4. The maximum Gasteiger partial charge on any atom is 0.243 e. The minimum Gasteiger partial charge on any atom is -0.487 e. The van der Waals surface area contributed by atoms with Gasteiger partial charge in [-0.05, 0) is 43.4 Å². The van der Waals surface area contributed by atoms with Crippen LogP contribution in [0.1, 0.15) is 37.7 Å². The van der Waals surface area contributed by atoms with E-state index in [1.165, 1.54) is 0 Å². The Kier molecular flexibility index (Phi) is 4.49. The number of rotatable bonds is 6. The summed E-state index contributed by atoms with van der Waals surface area (Å²) in [5.41, 5.74) is 0.561. The molecule has 0 spiro atoms. The molecule has 1 aromatic carbocycles. The summed E-state index contributed by atoms with van der Waals surface area (Å²) in [5.74, 6) is 0.663. The third-order valence-corrected chi connectivity index (χ3v) is 6.17. The number of carbonyl (C=O) groups excluding carboxylic acids is 2. The maximum absolute atomic E-state index is 13.6. The van der Waals surface area contributed by atoms with Gasteiger partial charge in [0.15, 0.2) is 0 Å². The highest BCUT2D eigenvalue weighted by Crippen LogP contribution is 2.50. The number of benzene rings is 1. The van der Waals surface area contributed by atoms with Crippen molar-refractivity contribution < 1.29 is 14.3 Å². The first-order chi connectivity index (χ1) is 14.2. The molecule has 2 aromatic rings. The van der Waals surface area contributed by atoms with Gasteiger partial charge in [-0.1, -0.05) is 30.3 Å². The van der Waals surface area contributed by atoms with Gasteiger partial charge in [-0.2, -0.15) is 0 Å². The maximum atomic E-state index is 13.6. The van der Waals surface area contributed by atoms with Gasteiger partial charge in [0.05, 0.1) is 18.2 Å². The van der Waals surface area contributed by atoms with E-state index in [0.717, 1.165) is 31.2 Å². The van der Waals surface area contributed by atoms with Crippen LogP contribution in [-0.4, -0.2) is 46.4 Å². The molecule has 1 aliphatic heterocycles. The highest BCUT2D eigenvalue weighted by Gasteiger charge is 2.56. The summed E-state index contributed by atoms with van der Waals surface area (Å²) in [4.78, 5) is 32.4. The van der Waals surface area contributed by atoms with Gasteiger partial charge in [0.25, 0.3) is 0 Å². The third kappa shape index (κ3) is 3.59. The van der Waals surface area contributed by atoms with Crippen molar-refractivity contribution in [2.24, 2.45) is 0 Å². The van der Waals surface area contributed by atoms with Crippen LogP contribution >= 0.6 is 0 Å². The Hall–Kier alpha value is -2.89. The SMILES string of the molecule is O=C(NC1CC1)[C@@H]1C[C@H](Oc2cccnc2)CN1C(=O)C1(c2ccccc2)CC1. The molecule has 6 nitrogen and oxygen atoms in total. The lowest BCUT2D eigenvalue weighted by molar-refractivity contribution is -0.140. The van der Waals surface area contributed by atoms with E-state index >= 15 is 0 Å². The number of pyridine rings is 1. The minimum absolute atomic E-state index is 0.0527. The second-order valence-corrected chi connectivity index (χ2v) is 8.37. The van der Waals surface area contributed by atoms with E-state index in [1.54, 1.807) is 17.3 Å². The van der Waals surface area contributed by atoms with Crippen molar-refractivity contribution in [2.45, 2.75) is 55.7 Å². The Morgan fingerprint density at radius 3 is 2.55 bits per heavy atom. The number of ether oxygens (including phenoxy) is 1. The second kappa shape index (κ2) is 7.17. The number of aromatic nitrogens is 1. The lowest BCUT2D eigenvalue weighted by Gasteiger charge is -2.28. The smallest absolute Gasteiger partial charge is 0.243 e. The predicted molar refractivity (Wildman–Crippen MR) is 107 cm³/mol. The summed E-state index contributed by atoms with van der Waals surface area (Å²) in [7, 11) is 0. The molecule has 1 saturated heterocycles. The summed E-state index contributed by atoms with van der Waals surface area (Å²) in [6, 6.07) is 13.4. The van der Waals surface area contributed by atoms with Gasteiger partial charge in [0, 0.05) is 18.7 Å². The summed E-state index contributed by atoms with van der Waals surface area (Å²) >= 11 is 0. The summed E-state index contributed by atoms with van der Waals surface area (Å²) < 4.78 is 6.06. The standard InChI is InChI=1S/C23H25N3O3/c27-21(25-17-8-9-17)20-13-19(29-18-7-4-12-24-14-18)15-26(20)22(28)23(10-11-23)16-5-2-1-3-6-16/h1-7,12,14,17,19-20H,8-11,13,15H2,(H,25,27)/t19-,20-/m0/s1. The van der Waals surface area contributed by atoms with Gasteiger partial charge in [0.1, 0.15) is 17.9 Å². The summed E-state index contributed by atoms with van der Waals surface area (Å²) in [6.45, 7) is 0.422. The fourth-order valence-corrected chi connectivity index (χ4v) is 4.27. The first-order valence-electron chi connectivity index (χ1n) is 10.4. The van der Waals surface area contributed by atoms with Crippen molar-refractivity contribution in [1.82, 2.24) is 15.2 Å². The molecular weight excluding hydrogens is 366 g/mol. The number of hydrogen-bond acceptors (Lipinski definition) is 4. The molecule has 2 amide bonds. The predicted octanol–water partition coefficient (Wildman–Crippen LogP) is 2.44. The third-order valence-electron chi connectivity index (χ3n) is 6.17. The van der Waals surface area contributed by atoms with Crippen LogP contribution in [0.3, 0.4) is 0 Å². The topological polar surface area (TPSA) is 71.5 Å². The number of carbonyl (C=O) groups is 2. The number of nitrogens with one attached hydrogen (secondary N) is 1. The largest absolute Gasteiger partial charge is 0.487 e. The van der Waals surface area contributed by atoms with Gasteiger partial charge in [-0.15, -0.1) is 0 Å². The molecule has 150 valence electrons. The van der Waals surface area contributed by atoms with E-state index in [-0.39, 0.29) is 24.0 Å². The van der Waals surface area contributed by atoms with Gasteiger partial charge >= 0.3 is 0 Å². The molecule has 5 rings (SSSR count). The second-order valence-electron chi connectivity index (χ2n) is 8.37. The number of likely N-dealkylation sites (tertiary alicyclic amines) is 1. The van der Waals surface area contributed by atoms with E-state index in [9.17, 15) is 9.59 Å². The molecule has 1 aromatic heterocycles. The van der Waals surface area contributed by atoms with E-state index in [1.807, 2.05) is 42.5 Å². The zero-order valence-electron chi connectivity index (χ0n) is 16.3. The average Bonchev–Trinajstić information content (AvgIpc) is 3.68. The van der Waals surface area contributed by atoms with Gasteiger partial charge in [-0.3, -0.25) is 14.6 Å². The Morgan fingerprint density at radius 1 is 1.10 bits per heavy atom. The molecular formula is C23H25N3O3. The molecule has 6 heteroatoms. The zero-order chi connectivity index (χ0) is 19.8. The monoisotopic (exact) mass is 391 g/mol. The lowest BCUT2D eigenvalue weighted by atomic mass is 9.94. The lowest BCUT2D eigenvalue weighted by Crippen LogP contribution is -2.49. The quantitative estimate of drug-likeness (QED) is 0.821. The van der Waals surface area contributed by atoms with Crippen LogP contribution in [0.15, 0.2) is 54.9 Å². The van der Waals surface area contributed by atoms with Gasteiger partial charge < -0.3 is 15.0 Å². The van der Waals surface area contributed by atoms with Crippen molar-refractivity contribution in [3.05, 3.63) is 60.4 Å². The summed E-state index contributed by atoms with van der Waals surface area (Å²) in [6.07, 6.45) is 7.35. The molecule has 29 heavy (non-hydrogen) atoms. The van der Waals surface area contributed by atoms with Crippen LogP contribution in [0.25, 0.3) is 0 Å². The van der Waals surface area contributed by atoms with Gasteiger partial charge in [-0.25, -0.2) is 0 Å². The molecule has 0 radical (unpaired) electrons. The van der Waals surface area contributed by atoms with Crippen LogP contribution in [0.4, 0.5) is 0 Å². The summed E-state index contributed by atoms with van der Waals surface area (Å²) in [5, 5.41) is 3.08. The normalized spacial score (nSPS) is 24.8. The van der Waals surface area contributed by atoms with Crippen molar-refractivity contribution >= 4 is 11.8 Å². The van der Waals surface area contributed by atoms with Crippen molar-refractivity contribution in [3.63, 3.8) is 0 Å². The molecule has 0 unspecified atom stereocenters. The average molecular weight is 391 g/mol. The fourth-order valence-electron chi connectivity index (χ4n) is 4.27. The Balaban J connectivity index is 1.37. The Morgan fingerprint density at radius 2 is 1.90 bits per heavy atom. The Bertz CT molecular complexity index is 894. The molecule has 2 saturated carbocycles. The molecule has 2 atom stereocenters. The molecule has 1 N–H and O–H groups in total. The molecule has 3 aliphatic rings. The van der Waals surface area contributed by atoms with Crippen LogP contribution in [0, 0.1) is 0 Å². The van der Waals surface area contributed by atoms with Gasteiger partial charge in [0.2, 0.25) is 11.8 Å². The van der Waals surface area contributed by atoms with E-state index < -0.39 is 11.5 Å². The van der Waals surface area contributed by atoms with Crippen LogP contribution in [0.5, 0.6) is 5.75 Å². The van der Waals surface area contributed by atoms with E-state index in [0.29, 0.717) is 18.7 Å².